The summed E-state index contributed by atoms with van der Waals surface area (Å²) in [6, 6.07) is 1.45. The molecule has 2 amide bonds. The molecule has 0 spiro atoms. The number of carbonyl (C=O) groups is 2. The van der Waals surface area contributed by atoms with Gasteiger partial charge in [0.05, 0.1) is 13.0 Å². The van der Waals surface area contributed by atoms with Crippen LogP contribution in [0.3, 0.4) is 0 Å². The van der Waals surface area contributed by atoms with Crippen molar-refractivity contribution in [3.8, 4) is 0 Å². The van der Waals surface area contributed by atoms with Crippen LogP contribution in [0.2, 0.25) is 0 Å². The first-order valence-electron chi connectivity index (χ1n) is 7.66. The van der Waals surface area contributed by atoms with Crippen molar-refractivity contribution in [1.29, 1.82) is 0 Å². The molecule has 24 heavy (non-hydrogen) atoms. The van der Waals surface area contributed by atoms with Crippen LogP contribution in [0.15, 0.2) is 12.1 Å². The molecule has 0 bridgehead atoms. The number of urea groups is 1. The SMILES string of the molecule is COC(=O)[C@@H]1CCCN(C(=O)NCCc2cc(F)c(F)c(F)c2)C1. The van der Waals surface area contributed by atoms with Crippen molar-refractivity contribution in [3.63, 3.8) is 0 Å². The minimum Gasteiger partial charge on any atom is -0.469 e. The summed E-state index contributed by atoms with van der Waals surface area (Å²) < 4.78 is 43.8. The molecule has 1 aliphatic rings. The number of amides is 2. The van der Waals surface area contributed by atoms with Crippen molar-refractivity contribution in [2.45, 2.75) is 19.3 Å². The summed E-state index contributed by atoms with van der Waals surface area (Å²) in [4.78, 5) is 25.1. The van der Waals surface area contributed by atoms with E-state index in [1.165, 1.54) is 12.0 Å². The van der Waals surface area contributed by atoms with Crippen LogP contribution in [0.1, 0.15) is 18.4 Å². The van der Waals surface area contributed by atoms with E-state index in [9.17, 15) is 22.8 Å². The number of halogens is 3. The maximum Gasteiger partial charge on any atom is 0.317 e. The second kappa shape index (κ2) is 8.03. The van der Waals surface area contributed by atoms with Crippen molar-refractivity contribution in [2.24, 2.45) is 5.92 Å². The van der Waals surface area contributed by atoms with E-state index in [0.29, 0.717) is 19.4 Å². The molecular formula is C16H19F3N2O3. The van der Waals surface area contributed by atoms with Crippen LogP contribution in [-0.2, 0) is 16.0 Å². The minimum atomic E-state index is -1.51. The molecule has 8 heteroatoms. The maximum atomic E-state index is 13.1. The number of ether oxygens (including phenoxy) is 1. The quantitative estimate of drug-likeness (QED) is 0.673. The van der Waals surface area contributed by atoms with Gasteiger partial charge in [-0.05, 0) is 37.0 Å². The molecule has 132 valence electrons. The summed E-state index contributed by atoms with van der Waals surface area (Å²) in [5.41, 5.74) is 0.248. The number of methoxy groups -OCH3 is 1. The number of nitrogens with zero attached hydrogens (tertiary/aromatic N) is 1. The Morgan fingerprint density at radius 2 is 1.96 bits per heavy atom. The Labute approximate surface area is 137 Å². The van der Waals surface area contributed by atoms with Gasteiger partial charge in [0.25, 0.3) is 0 Å². The van der Waals surface area contributed by atoms with Gasteiger partial charge in [0.2, 0.25) is 0 Å². The van der Waals surface area contributed by atoms with Gasteiger partial charge in [-0.25, -0.2) is 18.0 Å². The van der Waals surface area contributed by atoms with E-state index < -0.39 is 17.5 Å². The third kappa shape index (κ3) is 4.39. The van der Waals surface area contributed by atoms with Gasteiger partial charge in [-0.3, -0.25) is 4.79 Å². The molecule has 1 aromatic rings. The standard InChI is InChI=1S/C16H19F3N2O3/c1-24-15(22)11-3-2-6-21(9-11)16(23)20-5-4-10-7-12(17)14(19)13(18)8-10/h7-8,11H,2-6,9H2,1H3,(H,20,23)/t11-/m1/s1. The molecule has 0 aliphatic carbocycles. The number of esters is 1. The minimum absolute atomic E-state index is 0.142. The third-order valence-electron chi connectivity index (χ3n) is 3.98. The molecule has 1 atom stereocenters. The van der Waals surface area contributed by atoms with E-state index in [4.69, 9.17) is 0 Å². The summed E-state index contributed by atoms with van der Waals surface area (Å²) in [7, 11) is 1.31. The Kier molecular flexibility index (Phi) is 6.05. The topological polar surface area (TPSA) is 58.6 Å². The molecule has 1 aliphatic heterocycles. The van der Waals surface area contributed by atoms with Crippen molar-refractivity contribution in [1.82, 2.24) is 10.2 Å². The van der Waals surface area contributed by atoms with E-state index in [2.05, 4.69) is 10.1 Å². The Balaban J connectivity index is 1.84. The van der Waals surface area contributed by atoms with Crippen LogP contribution in [0, 0.1) is 23.4 Å². The summed E-state index contributed by atoms with van der Waals surface area (Å²) in [5.74, 6) is -4.70. The largest absolute Gasteiger partial charge is 0.469 e. The van der Waals surface area contributed by atoms with Crippen LogP contribution in [0.4, 0.5) is 18.0 Å². The van der Waals surface area contributed by atoms with Crippen LogP contribution in [0.5, 0.6) is 0 Å². The van der Waals surface area contributed by atoms with Gasteiger partial charge in [0.1, 0.15) is 0 Å². The molecule has 1 saturated heterocycles. The summed E-state index contributed by atoms with van der Waals surface area (Å²) in [5, 5.41) is 2.63. The highest BCUT2D eigenvalue weighted by molar-refractivity contribution is 5.77. The second-order valence-electron chi connectivity index (χ2n) is 5.66. The zero-order chi connectivity index (χ0) is 17.7. The first-order chi connectivity index (χ1) is 11.4. The fourth-order valence-electron chi connectivity index (χ4n) is 2.70. The van der Waals surface area contributed by atoms with Crippen molar-refractivity contribution >= 4 is 12.0 Å². The van der Waals surface area contributed by atoms with Gasteiger partial charge in [-0.1, -0.05) is 0 Å². The Hall–Kier alpha value is -2.25. The van der Waals surface area contributed by atoms with Crippen LogP contribution in [0.25, 0.3) is 0 Å². The van der Waals surface area contributed by atoms with Gasteiger partial charge < -0.3 is 15.0 Å². The predicted molar refractivity (Wildman–Crippen MR) is 79.7 cm³/mol. The average molecular weight is 344 g/mol. The van der Waals surface area contributed by atoms with E-state index >= 15 is 0 Å². The molecule has 1 N–H and O–H groups in total. The van der Waals surface area contributed by atoms with Crippen molar-refractivity contribution in [2.75, 3.05) is 26.7 Å². The van der Waals surface area contributed by atoms with E-state index in [-0.39, 0.29) is 43.0 Å². The highest BCUT2D eigenvalue weighted by Crippen LogP contribution is 2.18. The smallest absolute Gasteiger partial charge is 0.317 e. The lowest BCUT2D eigenvalue weighted by atomic mass is 9.98. The number of nitrogens with one attached hydrogen (secondary N) is 1. The van der Waals surface area contributed by atoms with Crippen LogP contribution >= 0.6 is 0 Å². The van der Waals surface area contributed by atoms with Crippen LogP contribution in [-0.4, -0.2) is 43.6 Å². The van der Waals surface area contributed by atoms with Crippen molar-refractivity contribution in [3.05, 3.63) is 35.1 Å². The number of piperidine rings is 1. The van der Waals surface area contributed by atoms with Gasteiger partial charge in [0.15, 0.2) is 17.5 Å². The number of carbonyl (C=O) groups excluding carboxylic acids is 2. The zero-order valence-corrected chi connectivity index (χ0v) is 13.3. The monoisotopic (exact) mass is 344 g/mol. The zero-order valence-electron chi connectivity index (χ0n) is 13.3. The number of hydrogen-bond acceptors (Lipinski definition) is 3. The molecule has 0 aromatic heterocycles. The molecule has 0 unspecified atom stereocenters. The number of hydrogen-bond donors (Lipinski definition) is 1. The predicted octanol–water partition coefficient (Wildman–Crippen LogP) is 2.24. The van der Waals surface area contributed by atoms with Gasteiger partial charge in [0, 0.05) is 19.6 Å². The van der Waals surface area contributed by atoms with E-state index in [1.807, 2.05) is 0 Å². The summed E-state index contributed by atoms with van der Waals surface area (Å²) >= 11 is 0. The fourth-order valence-corrected chi connectivity index (χ4v) is 2.70. The molecule has 2 rings (SSSR count). The second-order valence-corrected chi connectivity index (χ2v) is 5.66. The maximum absolute atomic E-state index is 13.1. The van der Waals surface area contributed by atoms with Gasteiger partial charge in [-0.2, -0.15) is 0 Å². The summed E-state index contributed by atoms with van der Waals surface area (Å²) in [6.07, 6.45) is 1.53. The molecular weight excluding hydrogens is 325 g/mol. The number of rotatable bonds is 4. The first-order valence-corrected chi connectivity index (χ1v) is 7.66. The van der Waals surface area contributed by atoms with E-state index in [0.717, 1.165) is 12.1 Å². The molecule has 0 saturated carbocycles. The molecule has 1 fully saturated rings. The number of benzene rings is 1. The highest BCUT2D eigenvalue weighted by Gasteiger charge is 2.28. The Morgan fingerprint density at radius 3 is 2.58 bits per heavy atom. The lowest BCUT2D eigenvalue weighted by Gasteiger charge is -2.31. The Morgan fingerprint density at radius 1 is 1.29 bits per heavy atom. The first kappa shape index (κ1) is 18.1. The molecule has 1 aromatic carbocycles. The molecule has 1 heterocycles. The molecule has 0 radical (unpaired) electrons. The summed E-state index contributed by atoms with van der Waals surface area (Å²) in [6.45, 7) is 0.945. The lowest BCUT2D eigenvalue weighted by Crippen LogP contribution is -2.47. The molecule has 5 nitrogen and oxygen atoms in total. The Bertz CT molecular complexity index is 602. The average Bonchev–Trinajstić information content (AvgIpc) is 2.58. The van der Waals surface area contributed by atoms with Gasteiger partial charge in [-0.15, -0.1) is 0 Å². The lowest BCUT2D eigenvalue weighted by molar-refractivity contribution is -0.146. The normalized spacial score (nSPS) is 17.5. The highest BCUT2D eigenvalue weighted by atomic mass is 19.2. The third-order valence-corrected chi connectivity index (χ3v) is 3.98. The van der Waals surface area contributed by atoms with Crippen molar-refractivity contribution < 1.29 is 27.5 Å². The van der Waals surface area contributed by atoms with Gasteiger partial charge >= 0.3 is 12.0 Å². The van der Waals surface area contributed by atoms with Crippen LogP contribution < -0.4 is 5.32 Å². The fraction of sp³-hybridized carbons (Fsp3) is 0.500. The van der Waals surface area contributed by atoms with E-state index in [1.54, 1.807) is 0 Å². The number of likely N-dealkylation sites (tertiary alicyclic amines) is 1.